The minimum absolute atomic E-state index is 0.137. The highest BCUT2D eigenvalue weighted by Gasteiger charge is 2.60. The van der Waals surface area contributed by atoms with Gasteiger partial charge in [-0.1, -0.05) is 18.2 Å². The van der Waals surface area contributed by atoms with Crippen molar-refractivity contribution in [3.8, 4) is 0 Å². The average Bonchev–Trinajstić information content (AvgIpc) is 2.62. The van der Waals surface area contributed by atoms with Gasteiger partial charge in [-0.2, -0.15) is 5.01 Å². The molecule has 0 unspecified atom stereocenters. The lowest BCUT2D eigenvalue weighted by Crippen LogP contribution is -2.79. The summed E-state index contributed by atoms with van der Waals surface area (Å²) < 4.78 is 0. The smallest absolute Gasteiger partial charge is 0.271 e. The van der Waals surface area contributed by atoms with Crippen molar-refractivity contribution in [3.63, 3.8) is 0 Å². The van der Waals surface area contributed by atoms with Gasteiger partial charge in [-0.3, -0.25) is 19.9 Å². The number of hydrazine groups is 1. The summed E-state index contributed by atoms with van der Waals surface area (Å²) in [6, 6.07) is 7.19. The molecule has 6 heteroatoms. The summed E-state index contributed by atoms with van der Waals surface area (Å²) in [6.45, 7) is 4.30. The Kier molecular flexibility index (Phi) is 3.67. The lowest BCUT2D eigenvalue weighted by atomic mass is 9.53. The molecular formula is C21H27N3O3. The van der Waals surface area contributed by atoms with Crippen LogP contribution in [0, 0.1) is 33.8 Å². The van der Waals surface area contributed by atoms with E-state index in [0.29, 0.717) is 30.0 Å². The molecular weight excluding hydrogens is 342 g/mol. The minimum Gasteiger partial charge on any atom is -0.271 e. The third-order valence-corrected chi connectivity index (χ3v) is 7.60. The van der Waals surface area contributed by atoms with Gasteiger partial charge in [-0.15, -0.1) is 0 Å². The summed E-state index contributed by atoms with van der Waals surface area (Å²) in [4.78, 5) is 24.2. The molecule has 5 aliphatic rings. The molecule has 144 valence electrons. The number of para-hydroxylation sites is 1. The van der Waals surface area contributed by atoms with E-state index in [-0.39, 0.29) is 16.5 Å². The first-order valence-corrected chi connectivity index (χ1v) is 10.2. The van der Waals surface area contributed by atoms with Crippen molar-refractivity contribution in [2.45, 2.75) is 64.1 Å². The molecule has 4 bridgehead atoms. The molecule has 1 saturated heterocycles. The predicted molar refractivity (Wildman–Crippen MR) is 100 cm³/mol. The van der Waals surface area contributed by atoms with Crippen LogP contribution in [0.25, 0.3) is 0 Å². The van der Waals surface area contributed by atoms with Crippen LogP contribution >= 0.6 is 0 Å². The zero-order valence-corrected chi connectivity index (χ0v) is 16.0. The highest BCUT2D eigenvalue weighted by molar-refractivity contribution is 5.90. The average molecular weight is 369 g/mol. The number of amides is 1. The van der Waals surface area contributed by atoms with Gasteiger partial charge >= 0.3 is 0 Å². The maximum absolute atomic E-state index is 13.1. The van der Waals surface area contributed by atoms with Crippen molar-refractivity contribution >= 4 is 11.6 Å². The molecule has 6 nitrogen and oxygen atoms in total. The summed E-state index contributed by atoms with van der Waals surface area (Å²) in [6.07, 6.45) is 6.39. The Morgan fingerprint density at radius 1 is 1.07 bits per heavy atom. The molecule has 6 rings (SSSR count). The second-order valence-electron chi connectivity index (χ2n) is 9.57. The van der Waals surface area contributed by atoms with E-state index in [1.807, 2.05) is 31.0 Å². The highest BCUT2D eigenvalue weighted by atomic mass is 16.6. The second-order valence-corrected chi connectivity index (χ2v) is 9.57. The summed E-state index contributed by atoms with van der Waals surface area (Å²) in [5.41, 5.74) is 0.216. The van der Waals surface area contributed by atoms with E-state index in [1.54, 1.807) is 12.1 Å². The fraction of sp³-hybridized carbons (Fsp3) is 0.667. The Labute approximate surface area is 159 Å². The summed E-state index contributed by atoms with van der Waals surface area (Å²) >= 11 is 0. The Hall–Kier alpha value is -1.95. The number of carbonyl (C=O) groups excluding carboxylic acids is 1. The van der Waals surface area contributed by atoms with Crippen LogP contribution < -0.4 is 0 Å². The van der Waals surface area contributed by atoms with Crippen LogP contribution in [0.3, 0.4) is 0 Å². The van der Waals surface area contributed by atoms with Gasteiger partial charge in [0.15, 0.2) is 0 Å². The molecule has 0 spiro atoms. The number of nitro benzene ring substituents is 1. The van der Waals surface area contributed by atoms with Crippen molar-refractivity contribution in [1.82, 2.24) is 10.0 Å². The van der Waals surface area contributed by atoms with E-state index in [1.165, 1.54) is 32.1 Å². The van der Waals surface area contributed by atoms with E-state index in [2.05, 4.69) is 5.01 Å². The summed E-state index contributed by atoms with van der Waals surface area (Å²) in [5, 5.41) is 15.5. The van der Waals surface area contributed by atoms with Crippen molar-refractivity contribution in [1.29, 1.82) is 0 Å². The number of hydrogen-bond acceptors (Lipinski definition) is 4. The molecule has 4 aliphatic carbocycles. The number of carbonyl (C=O) groups is 1. The Morgan fingerprint density at radius 2 is 1.67 bits per heavy atom. The lowest BCUT2D eigenvalue weighted by Gasteiger charge is -2.65. The molecule has 0 aromatic heterocycles. The molecule has 0 radical (unpaired) electrons. The van der Waals surface area contributed by atoms with E-state index in [0.717, 1.165) is 11.8 Å². The fourth-order valence-electron chi connectivity index (χ4n) is 6.57. The maximum atomic E-state index is 13.1. The topological polar surface area (TPSA) is 66.7 Å². The molecule has 1 aliphatic heterocycles. The van der Waals surface area contributed by atoms with Gasteiger partial charge in [-0.25, -0.2) is 0 Å². The third kappa shape index (κ3) is 2.45. The van der Waals surface area contributed by atoms with Gasteiger partial charge < -0.3 is 0 Å². The first-order chi connectivity index (χ1) is 12.9. The normalized spacial score (nSPS) is 36.7. The van der Waals surface area contributed by atoms with Gasteiger partial charge in [0.25, 0.3) is 11.6 Å². The summed E-state index contributed by atoms with van der Waals surface area (Å²) in [5.74, 6) is 3.11. The molecule has 1 heterocycles. The lowest BCUT2D eigenvalue weighted by molar-refractivity contribution is -0.386. The molecule has 4 saturated carbocycles. The van der Waals surface area contributed by atoms with E-state index < -0.39 is 5.54 Å². The van der Waals surface area contributed by atoms with Crippen LogP contribution in [0.1, 0.15) is 51.5 Å². The van der Waals surface area contributed by atoms with Gasteiger partial charge in [0.05, 0.1) is 17.5 Å². The third-order valence-electron chi connectivity index (χ3n) is 7.60. The zero-order chi connectivity index (χ0) is 18.9. The number of nitro groups is 1. The number of nitrogens with zero attached hydrogens (tertiary/aromatic N) is 3. The standard InChI is InChI=1S/C21H27N3O3/c1-21(2)20(25)23(19-16-8-13-7-14(10-16)11-17(19)9-13)22(21)12-15-5-3-4-6-18(15)24(26)27/h3-6,13-14,16-17,19H,7-12H2,1-2H3. The first kappa shape index (κ1) is 17.2. The first-order valence-electron chi connectivity index (χ1n) is 10.2. The van der Waals surface area contributed by atoms with E-state index in [4.69, 9.17) is 0 Å². The van der Waals surface area contributed by atoms with Gasteiger partial charge in [-0.05, 0) is 69.6 Å². The monoisotopic (exact) mass is 369 g/mol. The Bertz CT molecular complexity index is 778. The highest BCUT2D eigenvalue weighted by Crippen LogP contribution is 2.57. The molecule has 0 N–H and O–H groups in total. The van der Waals surface area contributed by atoms with Crippen molar-refractivity contribution in [3.05, 3.63) is 39.9 Å². The molecule has 1 amide bonds. The van der Waals surface area contributed by atoms with Crippen molar-refractivity contribution < 1.29 is 9.72 Å². The van der Waals surface area contributed by atoms with Gasteiger partial charge in [0, 0.05) is 11.6 Å². The van der Waals surface area contributed by atoms with Crippen LogP contribution in [0.15, 0.2) is 24.3 Å². The zero-order valence-electron chi connectivity index (χ0n) is 16.0. The second kappa shape index (κ2) is 5.77. The maximum Gasteiger partial charge on any atom is 0.273 e. The molecule has 1 aromatic carbocycles. The van der Waals surface area contributed by atoms with Gasteiger partial charge in [0.1, 0.15) is 5.54 Å². The van der Waals surface area contributed by atoms with E-state index >= 15 is 0 Å². The molecule has 0 atom stereocenters. The Morgan fingerprint density at radius 3 is 2.26 bits per heavy atom. The predicted octanol–water partition coefficient (Wildman–Crippen LogP) is 3.76. The quantitative estimate of drug-likeness (QED) is 0.599. The number of hydrogen-bond donors (Lipinski definition) is 0. The van der Waals surface area contributed by atoms with Gasteiger partial charge in [0.2, 0.25) is 0 Å². The Balaban J connectivity index is 1.45. The number of benzene rings is 1. The van der Waals surface area contributed by atoms with Crippen molar-refractivity contribution in [2.24, 2.45) is 23.7 Å². The van der Waals surface area contributed by atoms with E-state index in [9.17, 15) is 14.9 Å². The van der Waals surface area contributed by atoms with Crippen molar-refractivity contribution in [2.75, 3.05) is 0 Å². The molecule has 1 aromatic rings. The van der Waals surface area contributed by atoms with Crippen LogP contribution in [-0.4, -0.2) is 32.4 Å². The summed E-state index contributed by atoms with van der Waals surface area (Å²) in [7, 11) is 0. The molecule has 27 heavy (non-hydrogen) atoms. The largest absolute Gasteiger partial charge is 0.273 e. The van der Waals surface area contributed by atoms with Crippen LogP contribution in [0.4, 0.5) is 5.69 Å². The fourth-order valence-corrected chi connectivity index (χ4v) is 6.57. The molecule has 5 fully saturated rings. The number of rotatable bonds is 4. The SMILES string of the molecule is CC1(C)C(=O)N(C2C3CC4CC(C3)CC2C4)N1Cc1ccccc1[N+](=O)[O-]. The van der Waals surface area contributed by atoms with Crippen LogP contribution in [-0.2, 0) is 11.3 Å². The van der Waals surface area contributed by atoms with Crippen LogP contribution in [0.5, 0.6) is 0 Å². The van der Waals surface area contributed by atoms with Crippen LogP contribution in [0.2, 0.25) is 0 Å². The minimum atomic E-state index is -0.599.